The van der Waals surface area contributed by atoms with E-state index in [1.165, 1.54) is 12.1 Å². The van der Waals surface area contributed by atoms with Gasteiger partial charge in [0.15, 0.2) is 11.9 Å². The first-order valence-corrected chi connectivity index (χ1v) is 9.48. The zero-order valence-electron chi connectivity index (χ0n) is 16.0. The van der Waals surface area contributed by atoms with Crippen LogP contribution in [0.5, 0.6) is 5.75 Å². The van der Waals surface area contributed by atoms with Crippen molar-refractivity contribution in [3.63, 3.8) is 0 Å². The van der Waals surface area contributed by atoms with Crippen molar-refractivity contribution in [3.8, 4) is 5.75 Å². The minimum absolute atomic E-state index is 0.0992. The van der Waals surface area contributed by atoms with Crippen LogP contribution in [0.25, 0.3) is 0 Å². The first-order chi connectivity index (χ1) is 14.7. The van der Waals surface area contributed by atoms with Gasteiger partial charge in [0, 0.05) is 23.7 Å². The van der Waals surface area contributed by atoms with Crippen LogP contribution in [0, 0.1) is 0 Å². The SMILES string of the molecule is C=C(CCNC(=O)c1cnc(C(F)F)cn1)NC(=O)C1CC(=O)c2cc(Cl)ccc2O1. The highest BCUT2D eigenvalue weighted by Crippen LogP contribution is 2.30. The molecule has 11 heteroatoms. The van der Waals surface area contributed by atoms with Gasteiger partial charge in [0.25, 0.3) is 18.2 Å². The maximum atomic E-state index is 12.5. The van der Waals surface area contributed by atoms with Gasteiger partial charge in [0.1, 0.15) is 17.1 Å². The lowest BCUT2D eigenvalue weighted by Gasteiger charge is -2.24. The Morgan fingerprint density at radius 2 is 2.06 bits per heavy atom. The molecule has 3 rings (SSSR count). The van der Waals surface area contributed by atoms with Crippen LogP contribution >= 0.6 is 11.6 Å². The topological polar surface area (TPSA) is 110 Å². The van der Waals surface area contributed by atoms with Gasteiger partial charge in [0.05, 0.1) is 24.4 Å². The fourth-order valence-electron chi connectivity index (χ4n) is 2.75. The van der Waals surface area contributed by atoms with Crippen LogP contribution in [-0.2, 0) is 4.79 Å². The zero-order valence-corrected chi connectivity index (χ0v) is 16.8. The molecule has 0 fully saturated rings. The van der Waals surface area contributed by atoms with E-state index in [2.05, 4.69) is 27.2 Å². The van der Waals surface area contributed by atoms with Crippen molar-refractivity contribution in [2.45, 2.75) is 25.4 Å². The van der Waals surface area contributed by atoms with Crippen molar-refractivity contribution in [2.24, 2.45) is 0 Å². The van der Waals surface area contributed by atoms with Gasteiger partial charge in [-0.2, -0.15) is 0 Å². The van der Waals surface area contributed by atoms with Crippen LogP contribution in [0.1, 0.15) is 45.8 Å². The number of benzene rings is 1. The molecule has 0 radical (unpaired) electrons. The summed E-state index contributed by atoms with van der Waals surface area (Å²) in [5.41, 5.74) is -0.0288. The number of ketones is 1. The maximum Gasteiger partial charge on any atom is 0.281 e. The molecule has 0 saturated heterocycles. The molecule has 2 heterocycles. The average Bonchev–Trinajstić information content (AvgIpc) is 2.74. The highest BCUT2D eigenvalue weighted by molar-refractivity contribution is 6.31. The molecule has 1 aromatic heterocycles. The summed E-state index contributed by atoms with van der Waals surface area (Å²) in [4.78, 5) is 43.7. The maximum absolute atomic E-state index is 12.5. The molecule has 2 N–H and O–H groups in total. The molecule has 0 aliphatic carbocycles. The normalized spacial score (nSPS) is 15.1. The van der Waals surface area contributed by atoms with E-state index in [-0.39, 0.29) is 36.6 Å². The summed E-state index contributed by atoms with van der Waals surface area (Å²) in [5.74, 6) is -1.14. The molecule has 0 spiro atoms. The predicted molar refractivity (Wildman–Crippen MR) is 106 cm³/mol. The third-order valence-corrected chi connectivity index (χ3v) is 4.55. The number of carbonyl (C=O) groups excluding carboxylic acids is 3. The molecule has 1 aromatic carbocycles. The Labute approximate surface area is 180 Å². The first kappa shape index (κ1) is 22.3. The molecule has 1 atom stereocenters. The fraction of sp³-hybridized carbons (Fsp3) is 0.250. The van der Waals surface area contributed by atoms with Gasteiger partial charge in [-0.1, -0.05) is 18.2 Å². The second kappa shape index (κ2) is 9.61. The third-order valence-electron chi connectivity index (χ3n) is 4.31. The molecule has 1 unspecified atom stereocenters. The largest absolute Gasteiger partial charge is 0.479 e. The second-order valence-corrected chi connectivity index (χ2v) is 7.04. The zero-order chi connectivity index (χ0) is 22.5. The fourth-order valence-corrected chi connectivity index (χ4v) is 2.92. The molecular formula is C20H17ClF2N4O4. The monoisotopic (exact) mass is 450 g/mol. The van der Waals surface area contributed by atoms with Gasteiger partial charge in [-0.25, -0.2) is 13.8 Å². The van der Waals surface area contributed by atoms with Crippen molar-refractivity contribution >= 4 is 29.2 Å². The van der Waals surface area contributed by atoms with Crippen LogP contribution in [0.4, 0.5) is 8.78 Å². The highest BCUT2D eigenvalue weighted by atomic mass is 35.5. The Hall–Kier alpha value is -3.40. The molecule has 1 aliphatic rings. The Balaban J connectivity index is 1.46. The number of nitrogens with one attached hydrogen (secondary N) is 2. The molecule has 8 nitrogen and oxygen atoms in total. The number of aromatic nitrogens is 2. The lowest BCUT2D eigenvalue weighted by molar-refractivity contribution is -0.127. The average molecular weight is 451 g/mol. The number of amides is 2. The van der Waals surface area contributed by atoms with Gasteiger partial charge in [-0.05, 0) is 18.2 Å². The van der Waals surface area contributed by atoms with Gasteiger partial charge in [-0.3, -0.25) is 19.4 Å². The first-order valence-electron chi connectivity index (χ1n) is 9.11. The van der Waals surface area contributed by atoms with Crippen LogP contribution in [0.15, 0.2) is 42.9 Å². The molecule has 162 valence electrons. The minimum atomic E-state index is -2.77. The summed E-state index contributed by atoms with van der Waals surface area (Å²) in [6.07, 6.45) is -1.96. The van der Waals surface area contributed by atoms with Crippen molar-refractivity contribution in [1.82, 2.24) is 20.6 Å². The number of alkyl halides is 2. The van der Waals surface area contributed by atoms with Crippen LogP contribution < -0.4 is 15.4 Å². The van der Waals surface area contributed by atoms with E-state index in [0.717, 1.165) is 12.4 Å². The summed E-state index contributed by atoms with van der Waals surface area (Å²) in [7, 11) is 0. The number of ether oxygens (including phenoxy) is 1. The lowest BCUT2D eigenvalue weighted by Crippen LogP contribution is -2.42. The summed E-state index contributed by atoms with van der Waals surface area (Å²) in [6, 6.07) is 4.57. The van der Waals surface area contributed by atoms with E-state index in [1.54, 1.807) is 6.07 Å². The van der Waals surface area contributed by atoms with Gasteiger partial charge < -0.3 is 15.4 Å². The predicted octanol–water partition coefficient (Wildman–Crippen LogP) is 2.85. The van der Waals surface area contributed by atoms with Crippen molar-refractivity contribution in [2.75, 3.05) is 6.54 Å². The van der Waals surface area contributed by atoms with Gasteiger partial charge >= 0.3 is 0 Å². The molecule has 2 aromatic rings. The summed E-state index contributed by atoms with van der Waals surface area (Å²) in [5, 5.41) is 5.46. The van der Waals surface area contributed by atoms with Crippen LogP contribution in [0.3, 0.4) is 0 Å². The number of nitrogens with zero attached hydrogens (tertiary/aromatic N) is 2. The molecule has 0 saturated carbocycles. The number of Topliss-reactive ketones (excluding diaryl/α,β-unsaturated/α-hetero) is 1. The molecular weight excluding hydrogens is 434 g/mol. The highest BCUT2D eigenvalue weighted by Gasteiger charge is 2.31. The van der Waals surface area contributed by atoms with Gasteiger partial charge in [-0.15, -0.1) is 0 Å². The molecule has 0 bridgehead atoms. The van der Waals surface area contributed by atoms with E-state index in [9.17, 15) is 23.2 Å². The van der Waals surface area contributed by atoms with Crippen molar-refractivity contribution in [1.29, 1.82) is 0 Å². The summed E-state index contributed by atoms with van der Waals surface area (Å²) < 4.78 is 30.5. The smallest absolute Gasteiger partial charge is 0.281 e. The number of halogens is 3. The molecule has 2 amide bonds. The Kier molecular flexibility index (Phi) is 6.91. The number of hydrogen-bond donors (Lipinski definition) is 2. The van der Waals surface area contributed by atoms with E-state index in [0.29, 0.717) is 16.3 Å². The van der Waals surface area contributed by atoms with Gasteiger partial charge in [0.2, 0.25) is 0 Å². The van der Waals surface area contributed by atoms with E-state index < -0.39 is 30.0 Å². The van der Waals surface area contributed by atoms with Crippen LogP contribution in [0.2, 0.25) is 5.02 Å². The number of hydrogen-bond acceptors (Lipinski definition) is 6. The second-order valence-electron chi connectivity index (χ2n) is 6.60. The Morgan fingerprint density at radius 3 is 2.74 bits per heavy atom. The Bertz CT molecular complexity index is 1030. The summed E-state index contributed by atoms with van der Waals surface area (Å²) >= 11 is 5.87. The van der Waals surface area contributed by atoms with E-state index >= 15 is 0 Å². The number of carbonyl (C=O) groups is 3. The minimum Gasteiger partial charge on any atom is -0.479 e. The third kappa shape index (κ3) is 5.60. The molecule has 1 aliphatic heterocycles. The van der Waals surface area contributed by atoms with E-state index in [4.69, 9.17) is 16.3 Å². The lowest BCUT2D eigenvalue weighted by atomic mass is 10.0. The van der Waals surface area contributed by atoms with E-state index in [1.807, 2.05) is 0 Å². The summed E-state index contributed by atoms with van der Waals surface area (Å²) in [6.45, 7) is 3.81. The standard InChI is InChI=1S/C20H17ClF2N4O4/c1-10(4-5-24-19(29)14-9-25-13(8-26-14)18(22)23)27-20(30)17-7-15(28)12-6-11(21)2-3-16(12)31-17/h2-3,6,8-9,17-18H,1,4-5,7H2,(H,24,29)(H,27,30). The number of rotatable bonds is 7. The quantitative estimate of drug-likeness (QED) is 0.671. The van der Waals surface area contributed by atoms with Crippen LogP contribution in [-0.4, -0.2) is 40.2 Å². The van der Waals surface area contributed by atoms with Crippen molar-refractivity contribution < 1.29 is 27.9 Å². The molecule has 31 heavy (non-hydrogen) atoms. The number of fused-ring (bicyclic) bond motifs is 1. The Morgan fingerprint density at radius 1 is 1.29 bits per heavy atom. The van der Waals surface area contributed by atoms with Crippen molar-refractivity contribution in [3.05, 3.63) is 64.8 Å².